The smallest absolute Gasteiger partial charge is 0.269 e. The molecular formula is C32H21N5O. The van der Waals surface area contributed by atoms with Crippen molar-refractivity contribution in [2.24, 2.45) is 0 Å². The number of benzene rings is 5. The Bertz CT molecular complexity index is 2160. The maximum absolute atomic E-state index is 10.6. The molecule has 0 unspecified atom stereocenters. The van der Waals surface area contributed by atoms with Crippen molar-refractivity contribution in [2.45, 2.75) is 0 Å². The minimum Gasteiger partial charge on any atom is -0.511 e. The Morgan fingerprint density at radius 3 is 2.24 bits per heavy atom. The Morgan fingerprint density at radius 2 is 1.37 bits per heavy atom. The minimum absolute atomic E-state index is 0.206. The zero-order valence-electron chi connectivity index (χ0n) is 20.2. The fraction of sp³-hybridized carbons (Fsp3) is 0. The van der Waals surface area contributed by atoms with Crippen LogP contribution in [0.25, 0.3) is 55.9 Å². The molecule has 0 aliphatic carbocycles. The number of para-hydroxylation sites is 8. The number of phenols is 1. The van der Waals surface area contributed by atoms with Crippen molar-refractivity contribution < 1.29 is 9.67 Å². The molecule has 0 aliphatic rings. The van der Waals surface area contributed by atoms with E-state index < -0.39 is 0 Å². The molecule has 6 heteroatoms. The molecule has 0 atom stereocenters. The molecule has 0 bridgehead atoms. The lowest BCUT2D eigenvalue weighted by atomic mass is 10.2. The molecule has 3 heterocycles. The van der Waals surface area contributed by atoms with Crippen molar-refractivity contribution in [1.82, 2.24) is 18.5 Å². The van der Waals surface area contributed by atoms with Gasteiger partial charge in [-0.2, -0.15) is 0 Å². The van der Waals surface area contributed by atoms with Crippen molar-refractivity contribution in [3.05, 3.63) is 128 Å². The fourth-order valence-corrected chi connectivity index (χ4v) is 5.46. The van der Waals surface area contributed by atoms with Crippen molar-refractivity contribution >= 4 is 38.9 Å². The van der Waals surface area contributed by atoms with Crippen molar-refractivity contribution in [1.29, 1.82) is 0 Å². The van der Waals surface area contributed by atoms with E-state index in [4.69, 9.17) is 4.98 Å². The minimum atomic E-state index is 0.206. The predicted octanol–water partition coefficient (Wildman–Crippen LogP) is 6.16. The van der Waals surface area contributed by atoms with Crippen LogP contribution < -0.4 is 4.57 Å². The van der Waals surface area contributed by atoms with Crippen LogP contribution in [0.2, 0.25) is 0 Å². The average molecular weight is 492 g/mol. The third kappa shape index (κ3) is 2.88. The Hall–Kier alpha value is -5.36. The molecule has 0 radical (unpaired) electrons. The van der Waals surface area contributed by atoms with Gasteiger partial charge in [-0.15, -0.1) is 0 Å². The first-order valence-electron chi connectivity index (χ1n) is 12.5. The number of nitrogens with zero attached hydrogens (tertiary/aromatic N) is 5. The number of aromatic nitrogens is 5. The molecule has 1 N–H and O–H groups in total. The number of hydrogen-bond acceptors (Lipinski definition) is 2. The third-order valence-corrected chi connectivity index (χ3v) is 7.14. The van der Waals surface area contributed by atoms with Crippen LogP contribution in [0.3, 0.4) is 0 Å². The number of fused-ring (bicyclic) bond motifs is 6. The van der Waals surface area contributed by atoms with E-state index in [1.807, 2.05) is 51.6 Å². The average Bonchev–Trinajstić information content (AvgIpc) is 3.62. The lowest BCUT2D eigenvalue weighted by Gasteiger charge is -2.09. The molecule has 38 heavy (non-hydrogen) atoms. The first-order valence-corrected chi connectivity index (χ1v) is 12.5. The second kappa shape index (κ2) is 7.82. The summed E-state index contributed by atoms with van der Waals surface area (Å²) in [6, 6.07) is 40.5. The van der Waals surface area contributed by atoms with Gasteiger partial charge in [0.25, 0.3) is 6.33 Å². The summed E-state index contributed by atoms with van der Waals surface area (Å²) in [7, 11) is 0. The van der Waals surface area contributed by atoms with Gasteiger partial charge in [0.1, 0.15) is 11.4 Å². The molecule has 0 aliphatic heterocycles. The van der Waals surface area contributed by atoms with E-state index in [1.165, 1.54) is 0 Å². The highest BCUT2D eigenvalue weighted by molar-refractivity contribution is 5.92. The van der Waals surface area contributed by atoms with Gasteiger partial charge in [0.2, 0.25) is 5.78 Å². The molecule has 8 rings (SSSR count). The van der Waals surface area contributed by atoms with Crippen LogP contribution in [0.4, 0.5) is 0 Å². The zero-order chi connectivity index (χ0) is 25.2. The highest BCUT2D eigenvalue weighted by Gasteiger charge is 2.18. The summed E-state index contributed by atoms with van der Waals surface area (Å²) >= 11 is 0. The lowest BCUT2D eigenvalue weighted by Crippen LogP contribution is -2.29. The number of aromatic hydroxyl groups is 1. The highest BCUT2D eigenvalue weighted by Crippen LogP contribution is 2.30. The van der Waals surface area contributed by atoms with E-state index in [0.717, 1.165) is 50.3 Å². The maximum atomic E-state index is 10.6. The molecule has 180 valence electrons. The molecule has 3 aromatic heterocycles. The zero-order valence-corrected chi connectivity index (χ0v) is 20.2. The quantitative estimate of drug-likeness (QED) is 0.238. The largest absolute Gasteiger partial charge is 0.511 e. The van der Waals surface area contributed by atoms with Crippen molar-refractivity contribution in [3.8, 4) is 22.8 Å². The molecule has 8 aromatic rings. The van der Waals surface area contributed by atoms with Crippen LogP contribution in [0.1, 0.15) is 0 Å². The molecule has 0 spiro atoms. The molecular weight excluding hydrogens is 470 g/mol. The second-order valence-electron chi connectivity index (χ2n) is 9.33. The highest BCUT2D eigenvalue weighted by atomic mass is 16.3. The normalized spacial score (nSPS) is 11.8. The summed E-state index contributed by atoms with van der Waals surface area (Å²) < 4.78 is 8.38. The summed E-state index contributed by atoms with van der Waals surface area (Å²) in [6.45, 7) is 0. The molecule has 6 nitrogen and oxygen atoms in total. The number of hydrogen-bond donors (Lipinski definition) is 1. The van der Waals surface area contributed by atoms with E-state index in [-0.39, 0.29) is 5.75 Å². The molecule has 0 saturated heterocycles. The first kappa shape index (κ1) is 20.8. The van der Waals surface area contributed by atoms with E-state index in [0.29, 0.717) is 5.69 Å². The Morgan fingerprint density at radius 1 is 0.658 bits per heavy atom. The van der Waals surface area contributed by atoms with E-state index >= 15 is 0 Å². The van der Waals surface area contributed by atoms with Gasteiger partial charge in [-0.25, -0.2) is 4.98 Å². The van der Waals surface area contributed by atoms with Gasteiger partial charge in [0.15, 0.2) is 0 Å². The van der Waals surface area contributed by atoms with Gasteiger partial charge in [0, 0.05) is 5.69 Å². The topological polar surface area (TPSA) is 51.3 Å². The third-order valence-electron chi connectivity index (χ3n) is 7.14. The summed E-state index contributed by atoms with van der Waals surface area (Å²) in [5.41, 5.74) is 8.83. The molecule has 0 fully saturated rings. The van der Waals surface area contributed by atoms with Crippen LogP contribution >= 0.6 is 0 Å². The van der Waals surface area contributed by atoms with Gasteiger partial charge in [-0.1, -0.05) is 66.7 Å². The van der Waals surface area contributed by atoms with Crippen LogP contribution in [0, 0.1) is 6.33 Å². The van der Waals surface area contributed by atoms with Gasteiger partial charge in [-0.3, -0.25) is 18.1 Å². The number of imidazole rings is 3. The Balaban J connectivity index is 1.39. The van der Waals surface area contributed by atoms with E-state index in [2.05, 4.69) is 88.1 Å². The van der Waals surface area contributed by atoms with Gasteiger partial charge < -0.3 is 5.11 Å². The van der Waals surface area contributed by atoms with Crippen molar-refractivity contribution in [2.75, 3.05) is 0 Å². The summed E-state index contributed by atoms with van der Waals surface area (Å²) in [5.74, 6) is 1.08. The van der Waals surface area contributed by atoms with E-state index in [1.54, 1.807) is 6.07 Å². The van der Waals surface area contributed by atoms with Crippen LogP contribution in [0.5, 0.6) is 5.75 Å². The SMILES string of the molecule is Oc1ccccc1-n1[c-][n+](-c2cccc(-n3c4ccccc4n4c5ccccc5nc34)c2)c2ccccc21. The summed E-state index contributed by atoms with van der Waals surface area (Å²) in [6.07, 6.45) is 3.47. The molecule has 0 saturated carbocycles. The molecule has 5 aromatic carbocycles. The fourth-order valence-electron chi connectivity index (χ4n) is 5.46. The van der Waals surface area contributed by atoms with Gasteiger partial charge >= 0.3 is 0 Å². The summed E-state index contributed by atoms with van der Waals surface area (Å²) in [4.78, 5) is 5.01. The molecule has 0 amide bonds. The Labute approximate surface area is 217 Å². The first-order chi connectivity index (χ1) is 18.8. The number of phenolic OH excluding ortho intramolecular Hbond substituents is 1. The monoisotopic (exact) mass is 491 g/mol. The van der Waals surface area contributed by atoms with Crippen LogP contribution in [0.15, 0.2) is 121 Å². The second-order valence-corrected chi connectivity index (χ2v) is 9.33. The van der Waals surface area contributed by atoms with E-state index in [9.17, 15) is 5.11 Å². The predicted molar refractivity (Wildman–Crippen MR) is 148 cm³/mol. The number of rotatable bonds is 3. The maximum Gasteiger partial charge on any atom is 0.269 e. The van der Waals surface area contributed by atoms with Gasteiger partial charge in [0.05, 0.1) is 38.8 Å². The van der Waals surface area contributed by atoms with Crippen molar-refractivity contribution in [3.63, 3.8) is 0 Å². The van der Waals surface area contributed by atoms with Crippen LogP contribution in [-0.2, 0) is 0 Å². The standard InChI is InChI=1S/C32H21N5O/c38-31-19-8-7-18-30(31)35-21-34(26-14-3-4-15-27(26)35)22-10-9-11-23(20-22)36-28-16-5-6-17-29(28)37-25-13-2-1-12-24(25)33-32(36)37/h1-20,38H. The van der Waals surface area contributed by atoms with Crippen LogP contribution in [-0.4, -0.2) is 23.6 Å². The Kier molecular flexibility index (Phi) is 4.28. The summed E-state index contributed by atoms with van der Waals surface area (Å²) in [5, 5.41) is 10.6. The lowest BCUT2D eigenvalue weighted by molar-refractivity contribution is -0.572. The van der Waals surface area contributed by atoms with Gasteiger partial charge in [-0.05, 0) is 54.6 Å².